The summed E-state index contributed by atoms with van der Waals surface area (Å²) in [4.78, 5) is 35.4. The number of nitrogens with zero attached hydrogens (tertiary/aromatic N) is 3. The van der Waals surface area contributed by atoms with E-state index in [0.717, 1.165) is 0 Å². The van der Waals surface area contributed by atoms with Crippen LogP contribution in [0.5, 0.6) is 5.75 Å². The topological polar surface area (TPSA) is 92.6 Å². The normalized spacial score (nSPS) is 17.9. The largest absolute Gasteiger partial charge is 0.507 e. The van der Waals surface area contributed by atoms with Gasteiger partial charge in [-0.25, -0.2) is 9.97 Å². The van der Waals surface area contributed by atoms with E-state index in [2.05, 4.69) is 9.97 Å². The van der Waals surface area contributed by atoms with Crippen LogP contribution in [0.4, 0.5) is 5.95 Å². The SMILES string of the molecule is CCOc1ccc(/C(O)=C2/C(=O)C(=O)N(c3ncccn3)C2c2ccccc2)cc1. The number of amides is 1. The fourth-order valence-corrected chi connectivity index (χ4v) is 3.44. The maximum absolute atomic E-state index is 13.0. The highest BCUT2D eigenvalue weighted by Crippen LogP contribution is 2.40. The van der Waals surface area contributed by atoms with Gasteiger partial charge in [-0.1, -0.05) is 30.3 Å². The van der Waals surface area contributed by atoms with E-state index < -0.39 is 17.7 Å². The van der Waals surface area contributed by atoms with Gasteiger partial charge in [-0.2, -0.15) is 0 Å². The first-order valence-corrected chi connectivity index (χ1v) is 9.48. The number of aromatic nitrogens is 2. The van der Waals surface area contributed by atoms with Crippen molar-refractivity contribution in [1.82, 2.24) is 9.97 Å². The van der Waals surface area contributed by atoms with Crippen molar-refractivity contribution in [1.29, 1.82) is 0 Å². The Morgan fingerprint density at radius 1 is 1.00 bits per heavy atom. The molecule has 2 heterocycles. The maximum atomic E-state index is 13.0. The molecular weight excluding hydrogens is 382 g/mol. The lowest BCUT2D eigenvalue weighted by molar-refractivity contribution is -0.132. The molecule has 7 nitrogen and oxygen atoms in total. The van der Waals surface area contributed by atoms with Crippen LogP contribution >= 0.6 is 0 Å². The highest BCUT2D eigenvalue weighted by molar-refractivity contribution is 6.51. The summed E-state index contributed by atoms with van der Waals surface area (Å²) in [6, 6.07) is 16.5. The van der Waals surface area contributed by atoms with Crippen LogP contribution in [-0.4, -0.2) is 33.4 Å². The van der Waals surface area contributed by atoms with E-state index >= 15 is 0 Å². The van der Waals surface area contributed by atoms with Crippen molar-refractivity contribution < 1.29 is 19.4 Å². The third-order valence-corrected chi connectivity index (χ3v) is 4.77. The van der Waals surface area contributed by atoms with E-state index in [1.54, 1.807) is 54.6 Å². The smallest absolute Gasteiger partial charge is 0.302 e. The second-order valence-corrected chi connectivity index (χ2v) is 6.59. The lowest BCUT2D eigenvalue weighted by atomic mass is 9.95. The predicted octanol–water partition coefficient (Wildman–Crippen LogP) is 3.50. The lowest BCUT2D eigenvalue weighted by Crippen LogP contribution is -2.31. The molecule has 150 valence electrons. The summed E-state index contributed by atoms with van der Waals surface area (Å²) < 4.78 is 5.43. The number of ether oxygens (including phenoxy) is 1. The molecule has 1 saturated heterocycles. The number of anilines is 1. The van der Waals surface area contributed by atoms with Gasteiger partial charge < -0.3 is 9.84 Å². The molecule has 0 bridgehead atoms. The molecular formula is C23H19N3O4. The number of aliphatic hydroxyl groups excluding tert-OH is 1. The molecule has 30 heavy (non-hydrogen) atoms. The predicted molar refractivity (Wildman–Crippen MR) is 111 cm³/mol. The number of carbonyl (C=O) groups excluding carboxylic acids is 2. The molecule has 0 saturated carbocycles. The van der Waals surface area contributed by atoms with Gasteiger partial charge in [0.25, 0.3) is 5.78 Å². The molecule has 0 spiro atoms. The fraction of sp³-hybridized carbons (Fsp3) is 0.130. The number of hydrogen-bond donors (Lipinski definition) is 1. The Balaban J connectivity index is 1.87. The number of rotatable bonds is 5. The van der Waals surface area contributed by atoms with E-state index in [9.17, 15) is 14.7 Å². The summed E-state index contributed by atoms with van der Waals surface area (Å²) in [5, 5.41) is 11.0. The number of hydrogen-bond acceptors (Lipinski definition) is 6. The van der Waals surface area contributed by atoms with Gasteiger partial charge >= 0.3 is 5.91 Å². The summed E-state index contributed by atoms with van der Waals surface area (Å²) in [5.41, 5.74) is 1.06. The number of Topliss-reactive ketones (excluding diaryl/α,β-unsaturated/α-hetero) is 1. The molecule has 1 aliphatic heterocycles. The molecule has 3 aromatic rings. The van der Waals surface area contributed by atoms with Crippen molar-refractivity contribution in [2.24, 2.45) is 0 Å². The average molecular weight is 401 g/mol. The summed E-state index contributed by atoms with van der Waals surface area (Å²) in [7, 11) is 0. The first-order valence-electron chi connectivity index (χ1n) is 9.48. The van der Waals surface area contributed by atoms with Gasteiger partial charge in [-0.05, 0) is 42.8 Å². The zero-order chi connectivity index (χ0) is 21.1. The summed E-state index contributed by atoms with van der Waals surface area (Å²) >= 11 is 0. The molecule has 2 aromatic carbocycles. The molecule has 1 atom stereocenters. The monoisotopic (exact) mass is 401 g/mol. The fourth-order valence-electron chi connectivity index (χ4n) is 3.44. The second-order valence-electron chi connectivity index (χ2n) is 6.59. The van der Waals surface area contributed by atoms with Gasteiger partial charge in [0.1, 0.15) is 11.5 Å². The Hall–Kier alpha value is -4.00. The Kier molecular flexibility index (Phi) is 5.26. The minimum absolute atomic E-state index is 0.0113. The third-order valence-electron chi connectivity index (χ3n) is 4.77. The maximum Gasteiger partial charge on any atom is 0.302 e. The van der Waals surface area contributed by atoms with Gasteiger partial charge in [0.2, 0.25) is 5.95 Å². The van der Waals surface area contributed by atoms with Crippen LogP contribution in [0.3, 0.4) is 0 Å². The van der Waals surface area contributed by atoms with Gasteiger partial charge in [0.15, 0.2) is 0 Å². The van der Waals surface area contributed by atoms with Crippen molar-refractivity contribution in [3.8, 4) is 5.75 Å². The van der Waals surface area contributed by atoms with E-state index in [4.69, 9.17) is 4.74 Å². The van der Waals surface area contributed by atoms with Crippen molar-refractivity contribution in [3.63, 3.8) is 0 Å². The van der Waals surface area contributed by atoms with E-state index in [1.807, 2.05) is 13.0 Å². The van der Waals surface area contributed by atoms with Gasteiger partial charge in [-0.15, -0.1) is 0 Å². The van der Waals surface area contributed by atoms with Gasteiger partial charge in [0.05, 0.1) is 18.2 Å². The summed E-state index contributed by atoms with van der Waals surface area (Å²) in [6.45, 7) is 2.39. The third kappa shape index (κ3) is 3.41. The van der Waals surface area contributed by atoms with Crippen molar-refractivity contribution in [2.45, 2.75) is 13.0 Å². The first kappa shape index (κ1) is 19.3. The Morgan fingerprint density at radius 2 is 1.67 bits per heavy atom. The number of aliphatic hydroxyl groups is 1. The van der Waals surface area contributed by atoms with Crippen LogP contribution in [0.25, 0.3) is 5.76 Å². The molecule has 1 amide bonds. The molecule has 0 aliphatic carbocycles. The Bertz CT molecular complexity index is 1100. The van der Waals surface area contributed by atoms with Gasteiger partial charge in [-0.3, -0.25) is 14.5 Å². The molecule has 1 N–H and O–H groups in total. The quantitative estimate of drug-likeness (QED) is 0.400. The number of carbonyl (C=O) groups is 2. The van der Waals surface area contributed by atoms with Crippen LogP contribution < -0.4 is 9.64 Å². The zero-order valence-corrected chi connectivity index (χ0v) is 16.2. The molecule has 4 rings (SSSR count). The van der Waals surface area contributed by atoms with Crippen LogP contribution in [0.1, 0.15) is 24.1 Å². The lowest BCUT2D eigenvalue weighted by Gasteiger charge is -2.23. The van der Waals surface area contributed by atoms with Crippen LogP contribution in [0, 0.1) is 0 Å². The van der Waals surface area contributed by atoms with E-state index in [0.29, 0.717) is 23.5 Å². The highest BCUT2D eigenvalue weighted by atomic mass is 16.5. The summed E-state index contributed by atoms with van der Waals surface area (Å²) in [5.74, 6) is -1.10. The minimum atomic E-state index is -0.847. The number of benzene rings is 2. The molecule has 0 radical (unpaired) electrons. The van der Waals surface area contributed by atoms with Crippen LogP contribution in [0.15, 0.2) is 78.6 Å². The van der Waals surface area contributed by atoms with Crippen molar-refractivity contribution >= 4 is 23.4 Å². The van der Waals surface area contributed by atoms with Gasteiger partial charge in [0, 0.05) is 18.0 Å². The molecule has 1 fully saturated rings. The van der Waals surface area contributed by atoms with E-state index in [1.165, 1.54) is 17.3 Å². The molecule has 1 aromatic heterocycles. The second kappa shape index (κ2) is 8.16. The first-order chi connectivity index (χ1) is 14.6. The average Bonchev–Trinajstić information content (AvgIpc) is 3.06. The van der Waals surface area contributed by atoms with Crippen LogP contribution in [-0.2, 0) is 9.59 Å². The Labute approximate surface area is 173 Å². The Morgan fingerprint density at radius 3 is 2.30 bits per heavy atom. The highest BCUT2D eigenvalue weighted by Gasteiger charge is 2.48. The molecule has 1 aliphatic rings. The zero-order valence-electron chi connectivity index (χ0n) is 16.2. The molecule has 7 heteroatoms. The summed E-state index contributed by atoms with van der Waals surface area (Å²) in [6.07, 6.45) is 2.99. The van der Waals surface area contributed by atoms with Crippen LogP contribution in [0.2, 0.25) is 0 Å². The number of ketones is 1. The van der Waals surface area contributed by atoms with Crippen molar-refractivity contribution in [3.05, 3.63) is 89.8 Å². The standard InChI is InChI=1S/C23H19N3O4/c1-2-30-17-11-9-16(10-12-17)20(27)18-19(15-7-4-3-5-8-15)26(22(29)21(18)28)23-24-13-6-14-25-23/h3-14,19,27H,2H2,1H3/b20-18-. The van der Waals surface area contributed by atoms with Crippen molar-refractivity contribution in [2.75, 3.05) is 11.5 Å². The van der Waals surface area contributed by atoms with E-state index in [-0.39, 0.29) is 17.3 Å². The molecule has 1 unspecified atom stereocenters. The minimum Gasteiger partial charge on any atom is -0.507 e.